The lowest BCUT2D eigenvalue weighted by atomic mass is 9.95. The molecular weight excluding hydrogens is 260 g/mol. The first kappa shape index (κ1) is 16.4. The van der Waals surface area contributed by atoms with Gasteiger partial charge in [0.2, 0.25) is 0 Å². The molecule has 0 radical (unpaired) electrons. The van der Waals surface area contributed by atoms with E-state index in [0.717, 1.165) is 6.92 Å². The molecule has 1 aromatic heterocycles. The van der Waals surface area contributed by atoms with Crippen LogP contribution < -0.4 is 0 Å². The molecule has 0 fully saturated rings. The summed E-state index contributed by atoms with van der Waals surface area (Å²) in [5.74, 6) is -2.98. The third-order valence-corrected chi connectivity index (χ3v) is 2.79. The molecule has 112 valence electrons. The first-order valence-electron chi connectivity index (χ1n) is 6.53. The number of aromatic amines is 1. The van der Waals surface area contributed by atoms with E-state index in [1.165, 1.54) is 6.20 Å². The van der Waals surface area contributed by atoms with E-state index in [0.29, 0.717) is 24.4 Å². The number of alkyl halides is 2. The highest BCUT2D eigenvalue weighted by atomic mass is 19.3. The Labute approximate surface area is 119 Å². The Kier molecular flexibility index (Phi) is 4.73. The molecule has 0 atom stereocenters. The molecule has 0 spiro atoms. The number of halogens is 2. The van der Waals surface area contributed by atoms with Crippen LogP contribution in [0.2, 0.25) is 0 Å². The first-order valence-corrected chi connectivity index (χ1v) is 6.53. The number of hydrogen-bond donors (Lipinski definition) is 1. The van der Waals surface area contributed by atoms with Crippen LogP contribution in [0.5, 0.6) is 0 Å². The summed E-state index contributed by atoms with van der Waals surface area (Å²) in [5, 5.41) is 6.10. The van der Waals surface area contributed by atoms with Crippen LogP contribution >= 0.6 is 0 Å². The zero-order valence-corrected chi connectivity index (χ0v) is 12.6. The summed E-state index contributed by atoms with van der Waals surface area (Å²) in [6, 6.07) is 0. The molecule has 1 N–H and O–H groups in total. The Morgan fingerprint density at radius 3 is 2.45 bits per heavy atom. The highest BCUT2D eigenvalue weighted by Crippen LogP contribution is 2.33. The van der Waals surface area contributed by atoms with Crippen LogP contribution in [0.25, 0.3) is 5.70 Å². The van der Waals surface area contributed by atoms with E-state index in [1.54, 1.807) is 6.08 Å². The van der Waals surface area contributed by atoms with E-state index in [-0.39, 0.29) is 11.1 Å². The lowest BCUT2D eigenvalue weighted by Gasteiger charge is -2.32. The van der Waals surface area contributed by atoms with E-state index in [2.05, 4.69) is 44.1 Å². The van der Waals surface area contributed by atoms with E-state index in [4.69, 9.17) is 0 Å². The lowest BCUT2D eigenvalue weighted by Crippen LogP contribution is -2.32. The fourth-order valence-corrected chi connectivity index (χ4v) is 2.01. The topological polar surface area (TPSA) is 31.9 Å². The van der Waals surface area contributed by atoms with E-state index >= 15 is 0 Å². The minimum atomic E-state index is -2.98. The molecule has 1 rings (SSSR count). The Hall–Kier alpha value is -1.65. The standard InChI is InChI=1S/C15H23F2N3/c1-7-8-20(10-14(3,4)5)11(2)12-9-18-19-13(12)15(6,16)17/h7,9H,1-2,8,10H2,3-6H3,(H,18,19). The number of hydrogen-bond acceptors (Lipinski definition) is 2. The van der Waals surface area contributed by atoms with Gasteiger partial charge in [-0.1, -0.05) is 33.4 Å². The van der Waals surface area contributed by atoms with Gasteiger partial charge in [0.05, 0.1) is 6.20 Å². The number of nitrogens with zero attached hydrogens (tertiary/aromatic N) is 2. The van der Waals surface area contributed by atoms with Crippen LogP contribution in [-0.2, 0) is 5.92 Å². The van der Waals surface area contributed by atoms with Crippen LogP contribution in [0.1, 0.15) is 39.0 Å². The minimum Gasteiger partial charge on any atom is -0.367 e. The molecule has 0 aliphatic rings. The second-order valence-corrected chi connectivity index (χ2v) is 6.22. The van der Waals surface area contributed by atoms with Crippen molar-refractivity contribution in [3.8, 4) is 0 Å². The molecule has 0 aliphatic heterocycles. The highest BCUT2D eigenvalue weighted by molar-refractivity contribution is 5.64. The molecule has 0 bridgehead atoms. The molecule has 1 aromatic rings. The maximum atomic E-state index is 13.5. The van der Waals surface area contributed by atoms with Crippen LogP contribution in [0, 0.1) is 5.41 Å². The maximum absolute atomic E-state index is 13.5. The summed E-state index contributed by atoms with van der Waals surface area (Å²) in [6.45, 7) is 16.0. The van der Waals surface area contributed by atoms with Crippen LogP contribution in [0.15, 0.2) is 25.4 Å². The van der Waals surface area contributed by atoms with Crippen LogP contribution in [0.4, 0.5) is 8.78 Å². The lowest BCUT2D eigenvalue weighted by molar-refractivity contribution is 0.0123. The predicted octanol–water partition coefficient (Wildman–Crippen LogP) is 4.03. The van der Waals surface area contributed by atoms with Crippen molar-refractivity contribution < 1.29 is 8.78 Å². The Morgan fingerprint density at radius 2 is 2.00 bits per heavy atom. The Bertz CT molecular complexity index is 478. The summed E-state index contributed by atoms with van der Waals surface area (Å²) >= 11 is 0. The summed E-state index contributed by atoms with van der Waals surface area (Å²) in [6.07, 6.45) is 3.13. The van der Waals surface area contributed by atoms with Gasteiger partial charge in [-0.2, -0.15) is 13.9 Å². The Morgan fingerprint density at radius 1 is 1.40 bits per heavy atom. The van der Waals surface area contributed by atoms with Crippen molar-refractivity contribution in [3.63, 3.8) is 0 Å². The molecule has 3 nitrogen and oxygen atoms in total. The fraction of sp³-hybridized carbons (Fsp3) is 0.533. The zero-order chi connectivity index (χ0) is 15.6. The largest absolute Gasteiger partial charge is 0.367 e. The highest BCUT2D eigenvalue weighted by Gasteiger charge is 2.32. The summed E-state index contributed by atoms with van der Waals surface area (Å²) < 4.78 is 27.1. The molecule has 0 saturated carbocycles. The Balaban J connectivity index is 3.07. The summed E-state index contributed by atoms with van der Waals surface area (Å²) in [4.78, 5) is 1.94. The van der Waals surface area contributed by atoms with Gasteiger partial charge in [-0.15, -0.1) is 6.58 Å². The summed E-state index contributed by atoms with van der Waals surface area (Å²) in [7, 11) is 0. The van der Waals surface area contributed by atoms with Gasteiger partial charge in [0.25, 0.3) is 5.92 Å². The predicted molar refractivity (Wildman–Crippen MR) is 78.4 cm³/mol. The van der Waals surface area contributed by atoms with Crippen LogP contribution in [0.3, 0.4) is 0 Å². The van der Waals surface area contributed by atoms with Gasteiger partial charge in [0.15, 0.2) is 0 Å². The van der Waals surface area contributed by atoms with Crippen molar-refractivity contribution in [3.05, 3.63) is 36.7 Å². The molecule has 1 heterocycles. The average Bonchev–Trinajstić information content (AvgIpc) is 2.74. The van der Waals surface area contributed by atoms with Gasteiger partial charge >= 0.3 is 0 Å². The maximum Gasteiger partial charge on any atom is 0.287 e. The number of aromatic nitrogens is 2. The van der Waals surface area contributed by atoms with Gasteiger partial charge in [-0.05, 0) is 5.41 Å². The van der Waals surface area contributed by atoms with E-state index < -0.39 is 5.92 Å². The zero-order valence-electron chi connectivity index (χ0n) is 12.6. The molecule has 5 heteroatoms. The van der Waals surface area contributed by atoms with Gasteiger partial charge < -0.3 is 4.90 Å². The second kappa shape index (κ2) is 5.77. The third kappa shape index (κ3) is 4.18. The van der Waals surface area contributed by atoms with Crippen molar-refractivity contribution >= 4 is 5.70 Å². The van der Waals surface area contributed by atoms with Gasteiger partial charge in [0.1, 0.15) is 5.69 Å². The third-order valence-electron chi connectivity index (χ3n) is 2.79. The number of rotatable bonds is 6. The first-order chi connectivity index (χ1) is 9.06. The fourth-order valence-electron chi connectivity index (χ4n) is 2.01. The SMILES string of the molecule is C=CCN(CC(C)(C)C)C(=C)c1cn[nH]c1C(C)(F)F. The normalized spacial score (nSPS) is 12.3. The molecule has 0 aromatic carbocycles. The van der Waals surface area contributed by atoms with Gasteiger partial charge in [-0.25, -0.2) is 0 Å². The number of H-pyrrole nitrogens is 1. The van der Waals surface area contributed by atoms with E-state index in [9.17, 15) is 8.78 Å². The molecule has 0 aliphatic carbocycles. The van der Waals surface area contributed by atoms with Crippen LogP contribution in [-0.4, -0.2) is 28.2 Å². The number of nitrogens with one attached hydrogen (secondary N) is 1. The monoisotopic (exact) mass is 283 g/mol. The van der Waals surface area contributed by atoms with Crippen molar-refractivity contribution in [1.29, 1.82) is 0 Å². The van der Waals surface area contributed by atoms with Crippen molar-refractivity contribution in [2.75, 3.05) is 13.1 Å². The van der Waals surface area contributed by atoms with Crippen molar-refractivity contribution in [1.82, 2.24) is 15.1 Å². The quantitative estimate of drug-likeness (QED) is 0.799. The molecule has 0 unspecified atom stereocenters. The molecule has 0 amide bonds. The van der Waals surface area contributed by atoms with E-state index in [1.807, 2.05) is 4.90 Å². The van der Waals surface area contributed by atoms with Gasteiger partial charge in [-0.3, -0.25) is 5.10 Å². The minimum absolute atomic E-state index is 0.0184. The second-order valence-electron chi connectivity index (χ2n) is 6.22. The van der Waals surface area contributed by atoms with Crippen molar-refractivity contribution in [2.45, 2.75) is 33.6 Å². The molecule has 0 saturated heterocycles. The summed E-state index contributed by atoms with van der Waals surface area (Å²) in [5.41, 5.74) is 0.698. The van der Waals surface area contributed by atoms with Crippen molar-refractivity contribution in [2.24, 2.45) is 5.41 Å². The molecule has 20 heavy (non-hydrogen) atoms. The van der Waals surface area contributed by atoms with Gasteiger partial charge in [0, 0.05) is 31.3 Å². The average molecular weight is 283 g/mol. The molecular formula is C15H23F2N3. The smallest absolute Gasteiger partial charge is 0.287 e.